The third-order valence-electron chi connectivity index (χ3n) is 2.82. The van der Waals surface area contributed by atoms with Crippen molar-refractivity contribution in [2.24, 2.45) is 5.92 Å². The quantitative estimate of drug-likeness (QED) is 0.582. The van der Waals surface area contributed by atoms with E-state index in [-0.39, 0.29) is 5.91 Å². The van der Waals surface area contributed by atoms with Gasteiger partial charge in [-0.25, -0.2) is 0 Å². The molecule has 1 amide bonds. The average molecular weight is 220 g/mol. The van der Waals surface area contributed by atoms with Gasteiger partial charge in [-0.3, -0.25) is 10.1 Å². The Morgan fingerprint density at radius 1 is 1.73 bits per heavy atom. The molecule has 0 bridgehead atoms. The van der Waals surface area contributed by atoms with Gasteiger partial charge in [-0.05, 0) is 30.7 Å². The van der Waals surface area contributed by atoms with Gasteiger partial charge in [0, 0.05) is 10.3 Å². The normalized spacial score (nSPS) is 19.1. The fourth-order valence-electron chi connectivity index (χ4n) is 1.99. The first-order valence-corrected chi connectivity index (χ1v) is 5.89. The van der Waals surface area contributed by atoms with Crippen LogP contribution in [0.4, 0.5) is 0 Å². The molecule has 0 fully saturated rings. The maximum Gasteiger partial charge on any atom is 0.265 e. The molecule has 0 saturated carbocycles. The highest BCUT2D eigenvalue weighted by atomic mass is 32.1. The number of rotatable bonds is 1. The molecular formula is C11H12N2OS. The molecule has 1 aromatic rings. The summed E-state index contributed by atoms with van der Waals surface area (Å²) in [5.41, 5.74) is 1.86. The van der Waals surface area contributed by atoms with E-state index in [0.29, 0.717) is 11.5 Å². The number of nitrogens with zero attached hydrogens (tertiary/aromatic N) is 1. The molecular weight excluding hydrogens is 208 g/mol. The van der Waals surface area contributed by atoms with E-state index in [2.05, 4.69) is 12.2 Å². The Labute approximate surface area is 92.7 Å². The predicted molar refractivity (Wildman–Crippen MR) is 58.6 cm³/mol. The van der Waals surface area contributed by atoms with Gasteiger partial charge >= 0.3 is 0 Å². The number of amides is 1. The third kappa shape index (κ3) is 1.88. The Bertz CT molecular complexity index is 430. The first kappa shape index (κ1) is 10.2. The number of thiophene rings is 1. The van der Waals surface area contributed by atoms with Gasteiger partial charge in [-0.15, -0.1) is 11.3 Å². The molecule has 0 radical (unpaired) electrons. The fourth-order valence-corrected chi connectivity index (χ4v) is 3.23. The molecule has 0 spiro atoms. The van der Waals surface area contributed by atoms with E-state index >= 15 is 0 Å². The minimum atomic E-state index is -0.260. The predicted octanol–water partition coefficient (Wildman–Crippen LogP) is 2.08. The lowest BCUT2D eigenvalue weighted by Crippen LogP contribution is -2.20. The van der Waals surface area contributed by atoms with Crippen LogP contribution in [-0.2, 0) is 12.8 Å². The van der Waals surface area contributed by atoms with Crippen LogP contribution in [0.2, 0.25) is 0 Å². The van der Waals surface area contributed by atoms with Crippen molar-refractivity contribution < 1.29 is 4.79 Å². The summed E-state index contributed by atoms with van der Waals surface area (Å²) in [6, 6.07) is 0. The van der Waals surface area contributed by atoms with E-state index in [1.54, 1.807) is 17.5 Å². The Hall–Kier alpha value is -1.34. The molecule has 1 heterocycles. The van der Waals surface area contributed by atoms with Gasteiger partial charge in [0.15, 0.2) is 6.19 Å². The molecule has 1 aromatic heterocycles. The molecule has 1 unspecified atom stereocenters. The molecule has 0 saturated heterocycles. The Kier molecular flexibility index (Phi) is 2.74. The molecule has 15 heavy (non-hydrogen) atoms. The lowest BCUT2D eigenvalue weighted by Gasteiger charge is -2.18. The van der Waals surface area contributed by atoms with E-state index in [1.165, 1.54) is 4.88 Å². The molecule has 1 N–H and O–H groups in total. The Morgan fingerprint density at radius 2 is 2.53 bits per heavy atom. The number of hydrogen-bond acceptors (Lipinski definition) is 3. The van der Waals surface area contributed by atoms with Gasteiger partial charge in [0.05, 0.1) is 5.56 Å². The monoisotopic (exact) mass is 220 g/mol. The summed E-state index contributed by atoms with van der Waals surface area (Å²) in [5.74, 6) is 0.451. The van der Waals surface area contributed by atoms with E-state index in [1.807, 2.05) is 5.38 Å². The van der Waals surface area contributed by atoms with E-state index < -0.39 is 0 Å². The van der Waals surface area contributed by atoms with Crippen molar-refractivity contribution >= 4 is 17.2 Å². The smallest absolute Gasteiger partial charge is 0.265 e. The van der Waals surface area contributed by atoms with Crippen molar-refractivity contribution in [3.63, 3.8) is 0 Å². The number of hydrogen-bond donors (Lipinski definition) is 1. The maximum absolute atomic E-state index is 11.5. The third-order valence-corrected chi connectivity index (χ3v) is 3.87. The minimum Gasteiger partial charge on any atom is -0.268 e. The van der Waals surface area contributed by atoms with E-state index in [4.69, 9.17) is 5.26 Å². The first-order valence-electron chi connectivity index (χ1n) is 5.01. The standard InChI is InChI=1S/C11H12N2OS/c1-7-2-3-8-9(11(14)13-6-12)5-15-10(8)4-7/h5,7H,2-4H2,1H3,(H,13,14). The van der Waals surface area contributed by atoms with Crippen LogP contribution in [0.15, 0.2) is 5.38 Å². The van der Waals surface area contributed by atoms with Crippen LogP contribution < -0.4 is 5.32 Å². The van der Waals surface area contributed by atoms with Gasteiger partial charge in [0.25, 0.3) is 5.91 Å². The first-order chi connectivity index (χ1) is 7.22. The van der Waals surface area contributed by atoms with Crippen molar-refractivity contribution in [3.8, 4) is 6.19 Å². The van der Waals surface area contributed by atoms with Crippen LogP contribution in [0.5, 0.6) is 0 Å². The van der Waals surface area contributed by atoms with Crippen molar-refractivity contribution in [2.75, 3.05) is 0 Å². The minimum absolute atomic E-state index is 0.260. The van der Waals surface area contributed by atoms with Gasteiger partial charge in [0.1, 0.15) is 0 Å². The van der Waals surface area contributed by atoms with E-state index in [9.17, 15) is 4.79 Å². The second-order valence-corrected chi connectivity index (χ2v) is 4.93. The summed E-state index contributed by atoms with van der Waals surface area (Å²) in [7, 11) is 0. The van der Waals surface area contributed by atoms with Crippen LogP contribution in [-0.4, -0.2) is 5.91 Å². The van der Waals surface area contributed by atoms with Crippen molar-refractivity contribution in [2.45, 2.75) is 26.2 Å². The van der Waals surface area contributed by atoms with Gasteiger partial charge in [0.2, 0.25) is 0 Å². The largest absolute Gasteiger partial charge is 0.268 e. The summed E-state index contributed by atoms with van der Waals surface area (Å²) >= 11 is 1.64. The zero-order valence-corrected chi connectivity index (χ0v) is 9.36. The molecule has 0 aliphatic heterocycles. The maximum atomic E-state index is 11.5. The molecule has 3 nitrogen and oxygen atoms in total. The number of nitrogens with one attached hydrogen (secondary N) is 1. The van der Waals surface area contributed by atoms with Crippen LogP contribution in [0.3, 0.4) is 0 Å². The van der Waals surface area contributed by atoms with Crippen LogP contribution in [0.1, 0.15) is 34.1 Å². The lowest BCUT2D eigenvalue weighted by atomic mass is 9.88. The number of nitriles is 1. The highest BCUT2D eigenvalue weighted by Gasteiger charge is 2.22. The number of fused-ring (bicyclic) bond motifs is 1. The molecule has 1 aliphatic rings. The molecule has 1 atom stereocenters. The summed E-state index contributed by atoms with van der Waals surface area (Å²) in [5, 5.41) is 12.5. The molecule has 1 aliphatic carbocycles. The summed E-state index contributed by atoms with van der Waals surface area (Å²) < 4.78 is 0. The van der Waals surface area contributed by atoms with Crippen LogP contribution in [0.25, 0.3) is 0 Å². The zero-order valence-electron chi connectivity index (χ0n) is 8.54. The fraction of sp³-hybridized carbons (Fsp3) is 0.455. The Balaban J connectivity index is 2.29. The summed E-state index contributed by atoms with van der Waals surface area (Å²) in [4.78, 5) is 12.8. The highest BCUT2D eigenvalue weighted by Crippen LogP contribution is 2.32. The molecule has 4 heteroatoms. The lowest BCUT2D eigenvalue weighted by molar-refractivity contribution is 0.0972. The summed E-state index contributed by atoms with van der Waals surface area (Å²) in [6.45, 7) is 2.23. The molecule has 2 rings (SSSR count). The van der Waals surface area contributed by atoms with E-state index in [0.717, 1.165) is 24.8 Å². The highest BCUT2D eigenvalue weighted by molar-refractivity contribution is 7.10. The average Bonchev–Trinajstić information content (AvgIpc) is 2.60. The molecule has 78 valence electrons. The Morgan fingerprint density at radius 3 is 3.27 bits per heavy atom. The van der Waals surface area contributed by atoms with Crippen molar-refractivity contribution in [1.82, 2.24) is 5.32 Å². The number of carbonyl (C=O) groups excluding carboxylic acids is 1. The zero-order chi connectivity index (χ0) is 10.8. The van der Waals surface area contributed by atoms with Crippen LogP contribution >= 0.6 is 11.3 Å². The number of carbonyl (C=O) groups is 1. The van der Waals surface area contributed by atoms with Gasteiger partial charge in [-0.2, -0.15) is 5.26 Å². The molecule has 0 aromatic carbocycles. The topological polar surface area (TPSA) is 52.9 Å². The van der Waals surface area contributed by atoms with Crippen molar-refractivity contribution in [3.05, 3.63) is 21.4 Å². The second-order valence-electron chi connectivity index (χ2n) is 3.97. The van der Waals surface area contributed by atoms with Gasteiger partial charge in [-0.1, -0.05) is 6.92 Å². The van der Waals surface area contributed by atoms with Crippen LogP contribution in [0, 0.1) is 17.4 Å². The summed E-state index contributed by atoms with van der Waals surface area (Å²) in [6.07, 6.45) is 4.85. The SMILES string of the molecule is CC1CCc2c(C(=O)NC#N)csc2C1. The second kappa shape index (κ2) is 4.03. The van der Waals surface area contributed by atoms with Crippen molar-refractivity contribution in [1.29, 1.82) is 5.26 Å². The van der Waals surface area contributed by atoms with Gasteiger partial charge < -0.3 is 0 Å².